The Labute approximate surface area is 178 Å². The first-order valence-corrected chi connectivity index (χ1v) is 11.4. The van der Waals surface area contributed by atoms with Crippen LogP contribution in [0.4, 0.5) is 11.6 Å². The Bertz CT molecular complexity index is 1050. The molecule has 0 spiro atoms. The Morgan fingerprint density at radius 3 is 2.90 bits per heavy atom. The van der Waals surface area contributed by atoms with E-state index in [2.05, 4.69) is 22.5 Å². The van der Waals surface area contributed by atoms with Gasteiger partial charge in [0.25, 0.3) is 5.91 Å². The number of hydrogen-bond donors (Lipinski definition) is 2. The second-order valence-corrected chi connectivity index (χ2v) is 8.96. The molecule has 0 aliphatic carbocycles. The molecule has 0 fully saturated rings. The number of carbonyl (C=O) groups is 1. The molecule has 2 N–H and O–H groups in total. The Hall–Kier alpha value is -2.58. The highest BCUT2D eigenvalue weighted by Crippen LogP contribution is 2.38. The van der Waals surface area contributed by atoms with Crippen LogP contribution >= 0.6 is 23.1 Å². The largest absolute Gasteiger partial charge is 0.328 e. The Morgan fingerprint density at radius 2 is 2.17 bits per heavy atom. The lowest BCUT2D eigenvalue weighted by Crippen LogP contribution is -2.31. The number of aromatic nitrogens is 3. The molecule has 1 unspecified atom stereocenters. The summed E-state index contributed by atoms with van der Waals surface area (Å²) in [6.45, 7) is 6.06. The zero-order valence-corrected chi connectivity index (χ0v) is 18.2. The van der Waals surface area contributed by atoms with E-state index in [4.69, 9.17) is 5.10 Å². The van der Waals surface area contributed by atoms with Gasteiger partial charge in [0, 0.05) is 22.0 Å². The van der Waals surface area contributed by atoms with Gasteiger partial charge in [0.1, 0.15) is 6.04 Å². The van der Waals surface area contributed by atoms with Gasteiger partial charge in [0.05, 0.1) is 5.57 Å². The molecule has 0 saturated carbocycles. The predicted molar refractivity (Wildman–Crippen MR) is 120 cm³/mol. The fraction of sp³-hybridized carbons (Fsp3) is 0.286. The molecule has 1 atom stereocenters. The highest BCUT2D eigenvalue weighted by atomic mass is 32.2. The van der Waals surface area contributed by atoms with Crippen molar-refractivity contribution in [1.29, 1.82) is 0 Å². The van der Waals surface area contributed by atoms with Crippen molar-refractivity contribution in [3.63, 3.8) is 0 Å². The predicted octanol–water partition coefficient (Wildman–Crippen LogP) is 5.08. The maximum absolute atomic E-state index is 13.3. The molecule has 29 heavy (non-hydrogen) atoms. The molecular formula is C21H23N5OS2. The molecule has 6 nitrogen and oxygen atoms in total. The molecule has 3 heterocycles. The van der Waals surface area contributed by atoms with Crippen molar-refractivity contribution in [1.82, 2.24) is 14.8 Å². The number of nitrogens with zero attached hydrogens (tertiary/aromatic N) is 3. The second kappa shape index (κ2) is 8.42. The maximum atomic E-state index is 13.3. The van der Waals surface area contributed by atoms with E-state index < -0.39 is 0 Å². The molecule has 1 aromatic carbocycles. The smallest absolute Gasteiger partial charge is 0.255 e. The summed E-state index contributed by atoms with van der Waals surface area (Å²) in [5, 5.41) is 13.8. The number of carbonyl (C=O) groups excluding carboxylic acids is 1. The number of fused-ring (bicyclic) bond motifs is 1. The van der Waals surface area contributed by atoms with Crippen molar-refractivity contribution >= 4 is 40.6 Å². The standard InChI is InChI=1S/C21H23N5OS2/c1-4-10-29-21-24-20-22-14(3)17(18(26(20)25-21)16-9-6-11-28-16)19(27)23-15-8-5-7-13(2)12-15/h5-9,11-12,18H,4,10H2,1-3H3,(H,23,27)(H,22,24,25). The summed E-state index contributed by atoms with van der Waals surface area (Å²) in [4.78, 5) is 19.0. The number of hydrogen-bond acceptors (Lipinski definition) is 6. The fourth-order valence-electron chi connectivity index (χ4n) is 3.31. The average molecular weight is 426 g/mol. The van der Waals surface area contributed by atoms with Crippen LogP contribution in [0.5, 0.6) is 0 Å². The van der Waals surface area contributed by atoms with Crippen molar-refractivity contribution in [3.05, 3.63) is 63.5 Å². The number of thioether (sulfide) groups is 1. The van der Waals surface area contributed by atoms with Gasteiger partial charge in [-0.1, -0.05) is 36.9 Å². The molecule has 1 amide bonds. The monoisotopic (exact) mass is 425 g/mol. The van der Waals surface area contributed by atoms with Crippen LogP contribution in [0.15, 0.2) is 58.2 Å². The van der Waals surface area contributed by atoms with Crippen LogP contribution in [0.3, 0.4) is 0 Å². The normalized spacial score (nSPS) is 15.8. The van der Waals surface area contributed by atoms with Crippen molar-refractivity contribution in [2.75, 3.05) is 16.4 Å². The third-order valence-corrected chi connectivity index (χ3v) is 6.57. The molecule has 1 aliphatic rings. The second-order valence-electron chi connectivity index (χ2n) is 6.92. The third-order valence-electron chi connectivity index (χ3n) is 4.60. The first kappa shape index (κ1) is 19.7. The zero-order valence-electron chi connectivity index (χ0n) is 16.6. The van der Waals surface area contributed by atoms with Gasteiger partial charge in [-0.15, -0.1) is 16.4 Å². The van der Waals surface area contributed by atoms with Crippen molar-refractivity contribution < 1.29 is 4.79 Å². The lowest BCUT2D eigenvalue weighted by Gasteiger charge is -2.27. The number of allylic oxidation sites excluding steroid dienone is 1. The molecule has 8 heteroatoms. The van der Waals surface area contributed by atoms with E-state index in [1.54, 1.807) is 23.1 Å². The third kappa shape index (κ3) is 4.09. The van der Waals surface area contributed by atoms with Gasteiger partial charge < -0.3 is 10.6 Å². The summed E-state index contributed by atoms with van der Waals surface area (Å²) in [5.74, 6) is 1.50. The number of aryl methyl sites for hydroxylation is 1. The number of thiophene rings is 1. The number of benzene rings is 1. The Kier molecular flexibility index (Phi) is 5.73. The van der Waals surface area contributed by atoms with Crippen LogP contribution in [0.1, 0.15) is 36.8 Å². The average Bonchev–Trinajstić information content (AvgIpc) is 3.34. The summed E-state index contributed by atoms with van der Waals surface area (Å²) < 4.78 is 1.84. The Morgan fingerprint density at radius 1 is 1.31 bits per heavy atom. The quantitative estimate of drug-likeness (QED) is 0.539. The van der Waals surface area contributed by atoms with Crippen LogP contribution in [0.2, 0.25) is 0 Å². The minimum Gasteiger partial charge on any atom is -0.328 e. The highest BCUT2D eigenvalue weighted by molar-refractivity contribution is 7.99. The molecule has 0 saturated heterocycles. The van der Waals surface area contributed by atoms with Crippen LogP contribution in [-0.4, -0.2) is 26.4 Å². The van der Waals surface area contributed by atoms with Crippen molar-refractivity contribution in [2.24, 2.45) is 0 Å². The van der Waals surface area contributed by atoms with E-state index in [-0.39, 0.29) is 11.9 Å². The molecule has 150 valence electrons. The van der Waals surface area contributed by atoms with Crippen LogP contribution in [-0.2, 0) is 4.79 Å². The van der Waals surface area contributed by atoms with E-state index >= 15 is 0 Å². The van der Waals surface area contributed by atoms with Gasteiger partial charge in [-0.25, -0.2) is 4.68 Å². The molecular weight excluding hydrogens is 402 g/mol. The summed E-state index contributed by atoms with van der Waals surface area (Å²) in [6.07, 6.45) is 1.05. The van der Waals surface area contributed by atoms with Crippen molar-refractivity contribution in [3.8, 4) is 0 Å². The van der Waals surface area contributed by atoms with Gasteiger partial charge in [0.15, 0.2) is 0 Å². The van der Waals surface area contributed by atoms with Gasteiger partial charge >= 0.3 is 0 Å². The number of rotatable bonds is 6. The van der Waals surface area contributed by atoms with Gasteiger partial charge in [-0.3, -0.25) is 4.79 Å². The molecule has 2 aromatic heterocycles. The maximum Gasteiger partial charge on any atom is 0.255 e. The van der Waals surface area contributed by atoms with Crippen LogP contribution in [0, 0.1) is 6.92 Å². The summed E-state index contributed by atoms with van der Waals surface area (Å²) in [7, 11) is 0. The number of anilines is 2. The van der Waals surface area contributed by atoms with Crippen molar-refractivity contribution in [2.45, 2.75) is 38.4 Å². The lowest BCUT2D eigenvalue weighted by atomic mass is 10.0. The summed E-state index contributed by atoms with van der Waals surface area (Å²) >= 11 is 3.24. The Balaban J connectivity index is 1.71. The van der Waals surface area contributed by atoms with Gasteiger partial charge in [-0.05, 0) is 49.4 Å². The first-order valence-electron chi connectivity index (χ1n) is 9.55. The van der Waals surface area contributed by atoms with Crippen LogP contribution < -0.4 is 10.6 Å². The molecule has 0 radical (unpaired) electrons. The van der Waals surface area contributed by atoms with E-state index in [1.807, 2.05) is 60.3 Å². The van der Waals surface area contributed by atoms with Gasteiger partial charge in [-0.2, -0.15) is 4.98 Å². The molecule has 4 rings (SSSR count). The zero-order chi connectivity index (χ0) is 20.4. The minimum absolute atomic E-state index is 0.136. The number of nitrogens with one attached hydrogen (secondary N) is 2. The summed E-state index contributed by atoms with van der Waals surface area (Å²) in [5.41, 5.74) is 3.32. The topological polar surface area (TPSA) is 71.8 Å². The van der Waals surface area contributed by atoms with E-state index in [0.29, 0.717) is 11.5 Å². The van der Waals surface area contributed by atoms with E-state index in [0.717, 1.165) is 39.2 Å². The van der Waals surface area contributed by atoms with E-state index in [1.165, 1.54) is 0 Å². The molecule has 3 aromatic rings. The fourth-order valence-corrected chi connectivity index (χ4v) is 4.81. The number of amides is 1. The minimum atomic E-state index is -0.306. The lowest BCUT2D eigenvalue weighted by molar-refractivity contribution is -0.113. The first-order chi connectivity index (χ1) is 14.1. The van der Waals surface area contributed by atoms with E-state index in [9.17, 15) is 4.79 Å². The van der Waals surface area contributed by atoms with Crippen LogP contribution in [0.25, 0.3) is 0 Å². The highest BCUT2D eigenvalue weighted by Gasteiger charge is 2.35. The van der Waals surface area contributed by atoms with Gasteiger partial charge in [0.2, 0.25) is 11.1 Å². The molecule has 1 aliphatic heterocycles. The SMILES string of the molecule is CCCSc1nc2n(n1)C(c1cccs1)C(C(=O)Nc1cccc(C)c1)=C(C)N2. The summed E-state index contributed by atoms with van der Waals surface area (Å²) in [6, 6.07) is 11.5. The molecule has 0 bridgehead atoms.